The zero-order chi connectivity index (χ0) is 9.73. The maximum absolute atomic E-state index is 11.5. The van der Waals surface area contributed by atoms with Crippen LogP contribution in [0.3, 0.4) is 0 Å². The highest BCUT2D eigenvalue weighted by Crippen LogP contribution is 2.25. The predicted molar refractivity (Wildman–Crippen MR) is 47.2 cm³/mol. The topological polar surface area (TPSA) is 73.6 Å². The number of amides is 1. The first-order chi connectivity index (χ1) is 6.25. The molecule has 1 aliphatic heterocycles. The molecular weight excluding hydrogens is 172 g/mol. The fraction of sp³-hybridized carbons (Fsp3) is 0.875. The zero-order valence-electron chi connectivity index (χ0n) is 7.84. The molecule has 0 bridgehead atoms. The molecule has 1 fully saturated rings. The van der Waals surface area contributed by atoms with Crippen molar-refractivity contribution in [2.75, 3.05) is 40.0 Å². The Balaban J connectivity index is 2.28. The number of carbonyl (C=O) groups is 1. The van der Waals surface area contributed by atoms with Gasteiger partial charge in [0.25, 0.3) is 0 Å². The van der Waals surface area contributed by atoms with Gasteiger partial charge in [-0.2, -0.15) is 0 Å². The molecule has 0 aliphatic carbocycles. The summed E-state index contributed by atoms with van der Waals surface area (Å²) in [4.78, 5) is 11.5. The van der Waals surface area contributed by atoms with E-state index in [0.717, 1.165) is 0 Å². The van der Waals surface area contributed by atoms with Crippen molar-refractivity contribution in [2.24, 2.45) is 11.1 Å². The van der Waals surface area contributed by atoms with Gasteiger partial charge in [0.1, 0.15) is 5.41 Å². The van der Waals surface area contributed by atoms with Crippen molar-refractivity contribution in [2.45, 2.75) is 0 Å². The Labute approximate surface area is 77.6 Å². The largest absolute Gasteiger partial charge is 0.383 e. The first-order valence-corrected chi connectivity index (χ1v) is 4.30. The van der Waals surface area contributed by atoms with Crippen LogP contribution in [0.5, 0.6) is 0 Å². The summed E-state index contributed by atoms with van der Waals surface area (Å²) < 4.78 is 9.80. The quantitative estimate of drug-likeness (QED) is 0.527. The highest BCUT2D eigenvalue weighted by Gasteiger charge is 2.44. The molecule has 1 heterocycles. The molecule has 0 spiro atoms. The molecule has 3 N–H and O–H groups in total. The summed E-state index contributed by atoms with van der Waals surface area (Å²) in [6, 6.07) is 0. The van der Waals surface area contributed by atoms with Crippen LogP contribution in [0.4, 0.5) is 0 Å². The second-order valence-corrected chi connectivity index (χ2v) is 3.23. The van der Waals surface area contributed by atoms with Crippen LogP contribution < -0.4 is 11.1 Å². The number of nitrogens with two attached hydrogens (primary N) is 1. The summed E-state index contributed by atoms with van der Waals surface area (Å²) in [5, 5.41) is 2.75. The summed E-state index contributed by atoms with van der Waals surface area (Å²) in [7, 11) is 1.59. The molecule has 0 aromatic carbocycles. The normalized spacial score (nSPS) is 19.2. The number of ether oxygens (including phenoxy) is 2. The minimum atomic E-state index is -0.478. The van der Waals surface area contributed by atoms with Crippen molar-refractivity contribution in [1.82, 2.24) is 5.32 Å². The number of methoxy groups -OCH3 is 1. The van der Waals surface area contributed by atoms with Gasteiger partial charge in [0.2, 0.25) is 5.91 Å². The fourth-order valence-corrected chi connectivity index (χ4v) is 1.14. The lowest BCUT2D eigenvalue weighted by Crippen LogP contribution is -2.58. The molecular formula is C8H16N2O3. The Morgan fingerprint density at radius 2 is 2.38 bits per heavy atom. The van der Waals surface area contributed by atoms with Crippen molar-refractivity contribution >= 4 is 5.91 Å². The smallest absolute Gasteiger partial charge is 0.232 e. The van der Waals surface area contributed by atoms with Gasteiger partial charge >= 0.3 is 0 Å². The molecule has 5 heteroatoms. The SMILES string of the molecule is COCCNC(=O)C1(CN)COC1. The molecule has 13 heavy (non-hydrogen) atoms. The number of carbonyl (C=O) groups excluding carboxylic acids is 1. The van der Waals surface area contributed by atoms with Crippen molar-refractivity contribution in [3.05, 3.63) is 0 Å². The van der Waals surface area contributed by atoms with E-state index in [0.29, 0.717) is 32.9 Å². The summed E-state index contributed by atoms with van der Waals surface area (Å²) in [5.41, 5.74) is 5.02. The van der Waals surface area contributed by atoms with Gasteiger partial charge in [0.05, 0.1) is 19.8 Å². The van der Waals surface area contributed by atoms with Crippen molar-refractivity contribution in [3.8, 4) is 0 Å². The van der Waals surface area contributed by atoms with Crippen molar-refractivity contribution in [1.29, 1.82) is 0 Å². The molecule has 1 saturated heterocycles. The van der Waals surface area contributed by atoms with E-state index in [1.54, 1.807) is 7.11 Å². The van der Waals surface area contributed by atoms with Crippen LogP contribution in [0, 0.1) is 5.41 Å². The van der Waals surface area contributed by atoms with Gasteiger partial charge in [-0.05, 0) is 0 Å². The zero-order valence-corrected chi connectivity index (χ0v) is 7.84. The summed E-state index contributed by atoms with van der Waals surface area (Å²) in [6.45, 7) is 2.25. The van der Waals surface area contributed by atoms with Crippen LogP contribution in [-0.2, 0) is 14.3 Å². The van der Waals surface area contributed by atoms with Gasteiger partial charge < -0.3 is 20.5 Å². The van der Waals surface area contributed by atoms with Crippen LogP contribution >= 0.6 is 0 Å². The molecule has 1 amide bonds. The average Bonchev–Trinajstić information content (AvgIpc) is 2.04. The van der Waals surface area contributed by atoms with Gasteiger partial charge in [-0.15, -0.1) is 0 Å². The molecule has 0 saturated carbocycles. The van der Waals surface area contributed by atoms with E-state index in [2.05, 4.69) is 5.32 Å². The Bertz CT molecular complexity index is 175. The Hall–Kier alpha value is -0.650. The third-order valence-corrected chi connectivity index (χ3v) is 2.22. The molecule has 0 aromatic heterocycles. The second-order valence-electron chi connectivity index (χ2n) is 3.23. The maximum atomic E-state index is 11.5. The maximum Gasteiger partial charge on any atom is 0.232 e. The third-order valence-electron chi connectivity index (χ3n) is 2.22. The Morgan fingerprint density at radius 1 is 1.69 bits per heavy atom. The molecule has 0 radical (unpaired) electrons. The molecule has 0 unspecified atom stereocenters. The third kappa shape index (κ3) is 2.18. The predicted octanol–water partition coefficient (Wildman–Crippen LogP) is -1.28. The fourth-order valence-electron chi connectivity index (χ4n) is 1.14. The van der Waals surface area contributed by atoms with Crippen molar-refractivity contribution in [3.63, 3.8) is 0 Å². The average molecular weight is 188 g/mol. The Kier molecular flexibility index (Phi) is 3.65. The van der Waals surface area contributed by atoms with Crippen LogP contribution in [0.2, 0.25) is 0 Å². The van der Waals surface area contributed by atoms with E-state index in [1.807, 2.05) is 0 Å². The molecule has 1 aliphatic rings. The van der Waals surface area contributed by atoms with Crippen LogP contribution in [0.15, 0.2) is 0 Å². The molecule has 0 atom stereocenters. The number of hydrogen-bond acceptors (Lipinski definition) is 4. The van der Waals surface area contributed by atoms with Crippen LogP contribution in [0.1, 0.15) is 0 Å². The summed E-state index contributed by atoms with van der Waals surface area (Å²) in [5.74, 6) is -0.0294. The van der Waals surface area contributed by atoms with Crippen LogP contribution in [0.25, 0.3) is 0 Å². The minimum absolute atomic E-state index is 0.0294. The summed E-state index contributed by atoms with van der Waals surface area (Å²) in [6.07, 6.45) is 0. The Morgan fingerprint density at radius 3 is 2.77 bits per heavy atom. The van der Waals surface area contributed by atoms with E-state index in [4.69, 9.17) is 15.2 Å². The van der Waals surface area contributed by atoms with Crippen LogP contribution in [-0.4, -0.2) is 45.9 Å². The first kappa shape index (κ1) is 10.4. The molecule has 5 nitrogen and oxygen atoms in total. The lowest BCUT2D eigenvalue weighted by molar-refractivity contribution is -0.159. The highest BCUT2D eigenvalue weighted by molar-refractivity contribution is 5.84. The highest BCUT2D eigenvalue weighted by atomic mass is 16.5. The van der Waals surface area contributed by atoms with E-state index in [1.165, 1.54) is 0 Å². The lowest BCUT2D eigenvalue weighted by Gasteiger charge is -2.38. The van der Waals surface area contributed by atoms with E-state index in [9.17, 15) is 4.79 Å². The molecule has 76 valence electrons. The number of nitrogens with one attached hydrogen (secondary N) is 1. The first-order valence-electron chi connectivity index (χ1n) is 4.30. The second kappa shape index (κ2) is 4.55. The van der Waals surface area contributed by atoms with Gasteiger partial charge in [0.15, 0.2) is 0 Å². The molecule has 0 aromatic rings. The number of rotatable bonds is 5. The van der Waals surface area contributed by atoms with Gasteiger partial charge in [-0.3, -0.25) is 4.79 Å². The number of hydrogen-bond donors (Lipinski definition) is 2. The minimum Gasteiger partial charge on any atom is -0.383 e. The van der Waals surface area contributed by atoms with Gasteiger partial charge in [-0.1, -0.05) is 0 Å². The standard InChI is InChI=1S/C8H16N2O3/c1-12-3-2-10-7(11)8(4-9)5-13-6-8/h2-6,9H2,1H3,(H,10,11). The van der Waals surface area contributed by atoms with E-state index < -0.39 is 5.41 Å². The van der Waals surface area contributed by atoms with E-state index >= 15 is 0 Å². The van der Waals surface area contributed by atoms with Crippen molar-refractivity contribution < 1.29 is 14.3 Å². The monoisotopic (exact) mass is 188 g/mol. The lowest BCUT2D eigenvalue weighted by atomic mass is 9.85. The van der Waals surface area contributed by atoms with E-state index in [-0.39, 0.29) is 5.91 Å². The molecule has 1 rings (SSSR count). The van der Waals surface area contributed by atoms with Gasteiger partial charge in [-0.25, -0.2) is 0 Å². The van der Waals surface area contributed by atoms with Gasteiger partial charge in [0, 0.05) is 20.2 Å². The summed E-state index contributed by atoms with van der Waals surface area (Å²) >= 11 is 0.